The van der Waals surface area contributed by atoms with Crippen LogP contribution in [0.15, 0.2) is 107 Å². The Morgan fingerprint density at radius 3 is 0.900 bits per heavy atom. The Hall–Kier alpha value is -3.56. The van der Waals surface area contributed by atoms with E-state index in [9.17, 15) is 30.0 Å². The second-order valence-corrected chi connectivity index (χ2v) is 26.3. The zero-order chi connectivity index (χ0) is 59.6. The van der Waals surface area contributed by atoms with Crippen LogP contribution in [0.25, 0.3) is 0 Å². The molecule has 6 atom stereocenters. The fraction of sp³-hybridized carbons (Fsp3) is 0.722. The molecule has 2 fully saturated rings. The smallest absolute Gasteiger partial charge is 0.306 e. The van der Waals surface area contributed by atoms with E-state index in [0.717, 1.165) is 60.8 Å². The first-order chi connectivity index (χ1) is 37.8. The third kappa shape index (κ3) is 27.2. The molecular formula is C72H120O8. The molecule has 0 aromatic rings. The summed E-state index contributed by atoms with van der Waals surface area (Å²) in [5, 5.41) is 47.4. The quantitative estimate of drug-likeness (QED) is 0.0271. The Kier molecular flexibility index (Phi) is 34.8. The molecule has 4 N–H and O–H groups in total. The Morgan fingerprint density at radius 2 is 0.625 bits per heavy atom. The normalized spacial score (nSPS) is 26.0. The lowest BCUT2D eigenvalue weighted by molar-refractivity contribution is -0.223. The van der Waals surface area contributed by atoms with E-state index in [4.69, 9.17) is 9.47 Å². The van der Waals surface area contributed by atoms with Crippen molar-refractivity contribution in [3.63, 3.8) is 0 Å². The minimum absolute atomic E-state index is 0.168. The number of carbonyl (C=O) groups is 2. The highest BCUT2D eigenvalue weighted by Crippen LogP contribution is 2.52. The Morgan fingerprint density at radius 1 is 0.375 bits per heavy atom. The van der Waals surface area contributed by atoms with Gasteiger partial charge in [-0.05, 0) is 79.4 Å². The van der Waals surface area contributed by atoms with Crippen molar-refractivity contribution >= 4 is 11.9 Å². The number of carbonyl (C=O) groups excluding carboxylic acids is 2. The van der Waals surface area contributed by atoms with Crippen molar-refractivity contribution < 1.29 is 39.5 Å². The van der Waals surface area contributed by atoms with Gasteiger partial charge in [-0.25, -0.2) is 0 Å². The average Bonchev–Trinajstić information content (AvgIpc) is 3.38. The van der Waals surface area contributed by atoms with Crippen LogP contribution < -0.4 is 0 Å². The molecule has 80 heavy (non-hydrogen) atoms. The molecule has 2 saturated carbocycles. The summed E-state index contributed by atoms with van der Waals surface area (Å²) in [7, 11) is 0. The van der Waals surface area contributed by atoms with Crippen LogP contribution in [0.3, 0.4) is 0 Å². The lowest BCUT2D eigenvalue weighted by Crippen LogP contribution is -2.65. The van der Waals surface area contributed by atoms with E-state index in [1.165, 1.54) is 128 Å². The van der Waals surface area contributed by atoms with Crippen LogP contribution in [0.1, 0.15) is 289 Å². The molecule has 0 aromatic carbocycles. The second-order valence-electron chi connectivity index (χ2n) is 26.3. The van der Waals surface area contributed by atoms with Gasteiger partial charge in [0.15, 0.2) is 0 Å². The lowest BCUT2D eigenvalue weighted by Gasteiger charge is -2.55. The van der Waals surface area contributed by atoms with Gasteiger partial charge >= 0.3 is 11.9 Å². The SMILES string of the molecule is CCCCCCCCCCCCCCCC(=O)O[C@H]1CC(C)(C)[C@](O)(/C=C/C(C)=C/C=C/C(C)=C/C=C/C=C(C)/C=C/C=C(C)/C=C/[C@@]2(O)C(C)(C)C[C@H](OC(=O)CCCCCCCCCCCCCCC)C[C@@]2(C)O)[C@](C)(O)C1. The fourth-order valence-electron chi connectivity index (χ4n) is 12.1. The number of ether oxygens (including phenoxy) is 2. The average molecular weight is 1110 g/mol. The van der Waals surface area contributed by atoms with Gasteiger partial charge in [-0.2, -0.15) is 0 Å². The summed E-state index contributed by atoms with van der Waals surface area (Å²) in [6, 6.07) is 0. The van der Waals surface area contributed by atoms with Gasteiger partial charge in [0, 0.05) is 36.5 Å². The standard InChI is InChI=1S/C72H120O8/c1-13-15-17-19-21-23-25-27-29-31-33-35-37-49-65(73)79-63-55-67(7,8)71(77,69(11,75)57-63)53-51-61(5)47-41-45-59(3)43-39-40-44-60(4)46-42-48-62(6)52-54-72(78)68(9,10)56-64(58-70(72,12)76)80-66(74)50-38-36-34-32-30-28-26-24-22-20-18-16-14-2/h39-48,51-54,63-64,75-78H,13-38,49-50,55-58H2,1-12H3/b40-39+,45-41+,46-42+,53-51+,54-52+,59-43+,60-44+,61-47+,62-48+/t63-,64-,69+,70+,71+,72+/m0/s1. The van der Waals surface area contributed by atoms with Gasteiger partial charge in [-0.1, -0.05) is 291 Å². The monoisotopic (exact) mass is 1110 g/mol. The molecule has 0 heterocycles. The number of allylic oxidation sites excluding steroid dienone is 16. The van der Waals surface area contributed by atoms with Gasteiger partial charge in [-0.15, -0.1) is 0 Å². The first-order valence-electron chi connectivity index (χ1n) is 32.2. The summed E-state index contributed by atoms with van der Waals surface area (Å²) in [4.78, 5) is 25.7. The van der Waals surface area contributed by atoms with Crippen LogP contribution in [0.4, 0.5) is 0 Å². The second kappa shape index (κ2) is 38.3. The van der Waals surface area contributed by atoms with Crippen molar-refractivity contribution in [2.75, 3.05) is 0 Å². The van der Waals surface area contributed by atoms with Crippen molar-refractivity contribution in [2.45, 2.75) is 323 Å². The zero-order valence-corrected chi connectivity index (χ0v) is 53.3. The molecule has 0 unspecified atom stereocenters. The van der Waals surface area contributed by atoms with E-state index in [1.807, 2.05) is 128 Å². The third-order valence-corrected chi connectivity index (χ3v) is 17.4. The van der Waals surface area contributed by atoms with Crippen LogP contribution in [0.5, 0.6) is 0 Å². The Balaban J connectivity index is 1.80. The van der Waals surface area contributed by atoms with Crippen LogP contribution in [-0.4, -0.2) is 67.0 Å². The molecule has 8 nitrogen and oxygen atoms in total. The summed E-state index contributed by atoms with van der Waals surface area (Å²) < 4.78 is 11.8. The number of esters is 2. The molecule has 2 aliphatic carbocycles. The maximum atomic E-state index is 12.8. The van der Waals surface area contributed by atoms with Crippen molar-refractivity contribution in [3.05, 3.63) is 107 Å². The largest absolute Gasteiger partial charge is 0.462 e. The molecule has 0 amide bonds. The highest BCUT2D eigenvalue weighted by Gasteiger charge is 2.60. The number of rotatable bonds is 40. The number of aliphatic hydroxyl groups is 4. The first kappa shape index (κ1) is 72.5. The van der Waals surface area contributed by atoms with Crippen molar-refractivity contribution in [3.8, 4) is 0 Å². The predicted octanol–water partition coefficient (Wildman–Crippen LogP) is 18.9. The van der Waals surface area contributed by atoms with E-state index < -0.39 is 45.4 Å². The number of unbranched alkanes of at least 4 members (excludes halogenated alkanes) is 24. The van der Waals surface area contributed by atoms with Gasteiger partial charge in [-0.3, -0.25) is 9.59 Å². The summed E-state index contributed by atoms with van der Waals surface area (Å²) in [5.74, 6) is -0.434. The van der Waals surface area contributed by atoms with Gasteiger partial charge in [0.1, 0.15) is 23.4 Å². The first-order valence-corrected chi connectivity index (χ1v) is 32.2. The maximum absolute atomic E-state index is 12.8. The van der Waals surface area contributed by atoms with E-state index in [2.05, 4.69) is 13.8 Å². The van der Waals surface area contributed by atoms with E-state index in [1.54, 1.807) is 26.0 Å². The Labute approximate surface area is 490 Å². The third-order valence-electron chi connectivity index (χ3n) is 17.4. The van der Waals surface area contributed by atoms with Crippen LogP contribution in [0.2, 0.25) is 0 Å². The van der Waals surface area contributed by atoms with E-state index in [-0.39, 0.29) is 24.8 Å². The molecular weight excluding hydrogens is 993 g/mol. The predicted molar refractivity (Wildman–Crippen MR) is 338 cm³/mol. The molecule has 0 spiro atoms. The highest BCUT2D eigenvalue weighted by molar-refractivity contribution is 5.70. The molecule has 0 aliphatic heterocycles. The zero-order valence-electron chi connectivity index (χ0n) is 53.3. The van der Waals surface area contributed by atoms with Gasteiger partial charge in [0.05, 0.1) is 11.2 Å². The molecule has 2 aliphatic rings. The number of hydrogen-bond donors (Lipinski definition) is 4. The topological polar surface area (TPSA) is 134 Å². The lowest BCUT2D eigenvalue weighted by atomic mass is 9.57. The maximum Gasteiger partial charge on any atom is 0.306 e. The molecule has 0 radical (unpaired) electrons. The fourth-order valence-corrected chi connectivity index (χ4v) is 12.1. The van der Waals surface area contributed by atoms with Gasteiger partial charge in [0.25, 0.3) is 0 Å². The van der Waals surface area contributed by atoms with Crippen molar-refractivity contribution in [1.82, 2.24) is 0 Å². The summed E-state index contributed by atoms with van der Waals surface area (Å²) >= 11 is 0. The van der Waals surface area contributed by atoms with Crippen LogP contribution in [-0.2, 0) is 19.1 Å². The van der Waals surface area contributed by atoms with Gasteiger partial charge in [0.2, 0.25) is 0 Å². The van der Waals surface area contributed by atoms with Gasteiger partial charge < -0.3 is 29.9 Å². The summed E-state index contributed by atoms with van der Waals surface area (Å²) in [6.07, 6.45) is 60.8. The minimum Gasteiger partial charge on any atom is -0.462 e. The molecule has 2 rings (SSSR count). The molecule has 0 aromatic heterocycles. The molecule has 8 heteroatoms. The van der Waals surface area contributed by atoms with Crippen LogP contribution >= 0.6 is 0 Å². The molecule has 0 bridgehead atoms. The minimum atomic E-state index is -1.53. The van der Waals surface area contributed by atoms with Crippen molar-refractivity contribution in [1.29, 1.82) is 0 Å². The van der Waals surface area contributed by atoms with Crippen LogP contribution in [0, 0.1) is 10.8 Å². The van der Waals surface area contributed by atoms with E-state index >= 15 is 0 Å². The highest BCUT2D eigenvalue weighted by atomic mass is 16.5. The molecule has 456 valence electrons. The van der Waals surface area contributed by atoms with E-state index in [0.29, 0.717) is 25.7 Å². The summed E-state index contributed by atoms with van der Waals surface area (Å²) in [6.45, 7) is 23.5. The summed E-state index contributed by atoms with van der Waals surface area (Å²) in [5.41, 5.74) is -3.59. The molecule has 0 saturated heterocycles. The van der Waals surface area contributed by atoms with Crippen molar-refractivity contribution in [2.24, 2.45) is 10.8 Å². The number of hydrogen-bond acceptors (Lipinski definition) is 8. The Bertz CT molecular complexity index is 1870.